The van der Waals surface area contributed by atoms with Crippen molar-refractivity contribution in [2.75, 3.05) is 0 Å². The molecule has 0 amide bonds. The predicted molar refractivity (Wildman–Crippen MR) is 79.1 cm³/mol. The van der Waals surface area contributed by atoms with E-state index in [2.05, 4.69) is 17.1 Å². The van der Waals surface area contributed by atoms with Crippen LogP contribution in [0.2, 0.25) is 0 Å². The molecule has 0 atom stereocenters. The highest BCUT2D eigenvalue weighted by Crippen LogP contribution is 2.28. The molecule has 3 rings (SSSR count). The number of fused-ring (bicyclic) bond motifs is 1. The third-order valence-corrected chi connectivity index (χ3v) is 4.76. The summed E-state index contributed by atoms with van der Waals surface area (Å²) in [5, 5.41) is 13.1. The minimum Gasteiger partial charge on any atom is -0.477 e. The zero-order chi connectivity index (χ0) is 13.2. The summed E-state index contributed by atoms with van der Waals surface area (Å²) in [7, 11) is 0. The maximum atomic E-state index is 11.0. The number of H-pyrrole nitrogens is 1. The van der Waals surface area contributed by atoms with Crippen LogP contribution in [0.4, 0.5) is 0 Å². The number of rotatable bonds is 4. The number of carboxylic acids is 1. The van der Waals surface area contributed by atoms with Crippen molar-refractivity contribution in [1.82, 2.24) is 4.98 Å². The average molecular weight is 289 g/mol. The van der Waals surface area contributed by atoms with Gasteiger partial charge in [0.1, 0.15) is 4.88 Å². The van der Waals surface area contributed by atoms with E-state index in [-0.39, 0.29) is 0 Å². The van der Waals surface area contributed by atoms with Crippen LogP contribution in [0.15, 0.2) is 46.8 Å². The Morgan fingerprint density at radius 3 is 2.95 bits per heavy atom. The number of para-hydroxylation sites is 1. The van der Waals surface area contributed by atoms with Gasteiger partial charge in [-0.1, -0.05) is 18.2 Å². The van der Waals surface area contributed by atoms with Crippen LogP contribution in [0.25, 0.3) is 10.9 Å². The average Bonchev–Trinajstić information content (AvgIpc) is 3.02. The largest absolute Gasteiger partial charge is 0.477 e. The number of hydrogen-bond acceptors (Lipinski definition) is 3. The Hall–Kier alpha value is -1.72. The van der Waals surface area contributed by atoms with Gasteiger partial charge < -0.3 is 10.1 Å². The number of hydrogen-bond donors (Lipinski definition) is 2. The molecule has 3 nitrogen and oxygen atoms in total. The Morgan fingerprint density at radius 2 is 2.16 bits per heavy atom. The summed E-state index contributed by atoms with van der Waals surface area (Å²) < 4.78 is 0. The van der Waals surface area contributed by atoms with E-state index >= 15 is 0 Å². The molecule has 0 aliphatic rings. The molecule has 5 heteroatoms. The molecule has 0 radical (unpaired) electrons. The van der Waals surface area contributed by atoms with Crippen LogP contribution >= 0.6 is 23.1 Å². The van der Waals surface area contributed by atoms with Crippen molar-refractivity contribution in [3.63, 3.8) is 0 Å². The van der Waals surface area contributed by atoms with E-state index in [1.807, 2.05) is 29.6 Å². The highest BCUT2D eigenvalue weighted by atomic mass is 32.2. The van der Waals surface area contributed by atoms with Crippen LogP contribution in [-0.2, 0) is 5.75 Å². The lowest BCUT2D eigenvalue weighted by molar-refractivity contribution is 0.0701. The number of carbonyl (C=O) groups is 1. The fourth-order valence-corrected chi connectivity index (χ4v) is 3.71. The first-order valence-corrected chi connectivity index (χ1v) is 7.61. The summed E-state index contributed by atoms with van der Waals surface area (Å²) in [6.45, 7) is 0. The number of thioether (sulfide) groups is 1. The Morgan fingerprint density at radius 1 is 1.32 bits per heavy atom. The van der Waals surface area contributed by atoms with Gasteiger partial charge in [0.25, 0.3) is 0 Å². The second-order valence-corrected chi connectivity index (χ2v) is 6.02. The maximum Gasteiger partial charge on any atom is 0.346 e. The first-order chi connectivity index (χ1) is 9.24. The van der Waals surface area contributed by atoms with Crippen molar-refractivity contribution >= 4 is 40.0 Å². The Labute approximate surface area is 118 Å². The van der Waals surface area contributed by atoms with E-state index in [1.54, 1.807) is 11.8 Å². The third kappa shape index (κ3) is 2.52. The summed E-state index contributed by atoms with van der Waals surface area (Å²) in [4.78, 5) is 14.8. The molecule has 2 heterocycles. The lowest BCUT2D eigenvalue weighted by atomic mass is 10.3. The normalized spacial score (nSPS) is 10.9. The number of thiophene rings is 1. The fourth-order valence-electron chi connectivity index (χ4n) is 1.92. The molecular formula is C14H11NO2S2. The van der Waals surface area contributed by atoms with Gasteiger partial charge >= 0.3 is 5.97 Å². The van der Waals surface area contributed by atoms with Crippen LogP contribution < -0.4 is 0 Å². The molecule has 2 N–H and O–H groups in total. The molecule has 19 heavy (non-hydrogen) atoms. The van der Waals surface area contributed by atoms with Gasteiger partial charge in [-0.05, 0) is 29.1 Å². The molecule has 3 aromatic rings. The van der Waals surface area contributed by atoms with E-state index in [9.17, 15) is 4.79 Å². The van der Waals surface area contributed by atoms with Crippen LogP contribution in [0.5, 0.6) is 0 Å². The second kappa shape index (κ2) is 5.11. The number of nitrogens with one attached hydrogen (secondary N) is 1. The highest BCUT2D eigenvalue weighted by molar-refractivity contribution is 7.98. The number of carboxylic acid groups (broad SMARTS) is 1. The number of aromatic amines is 1. The molecule has 0 spiro atoms. The van der Waals surface area contributed by atoms with Gasteiger partial charge in [-0.25, -0.2) is 4.79 Å². The Kier molecular flexibility index (Phi) is 3.31. The summed E-state index contributed by atoms with van der Waals surface area (Å²) in [6, 6.07) is 12.1. The summed E-state index contributed by atoms with van der Waals surface area (Å²) >= 11 is 2.90. The van der Waals surface area contributed by atoms with Crippen molar-refractivity contribution in [3.8, 4) is 0 Å². The van der Waals surface area contributed by atoms with Crippen molar-refractivity contribution in [3.05, 3.63) is 52.2 Å². The lowest BCUT2D eigenvalue weighted by Gasteiger charge is -1.98. The van der Waals surface area contributed by atoms with Crippen molar-refractivity contribution in [2.45, 2.75) is 10.8 Å². The van der Waals surface area contributed by atoms with E-state index in [0.29, 0.717) is 10.6 Å². The smallest absolute Gasteiger partial charge is 0.346 e. The molecule has 0 bridgehead atoms. The molecule has 0 aliphatic carbocycles. The Bertz CT molecular complexity index is 697. The van der Waals surface area contributed by atoms with Crippen LogP contribution in [0.1, 0.15) is 15.2 Å². The zero-order valence-corrected chi connectivity index (χ0v) is 11.6. The van der Waals surface area contributed by atoms with Gasteiger partial charge in [0.05, 0.1) is 5.03 Å². The first-order valence-electron chi connectivity index (χ1n) is 5.74. The minimum absolute atomic E-state index is 0.434. The molecule has 96 valence electrons. The fraction of sp³-hybridized carbons (Fsp3) is 0.0714. The molecule has 2 aromatic heterocycles. The third-order valence-electron chi connectivity index (χ3n) is 2.83. The highest BCUT2D eigenvalue weighted by Gasteiger charge is 2.12. The van der Waals surface area contributed by atoms with Crippen LogP contribution in [0.3, 0.4) is 0 Å². The Balaban J connectivity index is 1.78. The van der Waals surface area contributed by atoms with E-state index in [1.165, 1.54) is 16.7 Å². The molecule has 0 saturated heterocycles. The molecule has 0 unspecified atom stereocenters. The SMILES string of the molecule is O=C(O)c1sccc1CSc1cc2ccccc2[nH]1. The predicted octanol–water partition coefficient (Wildman–Crippen LogP) is 4.22. The lowest BCUT2D eigenvalue weighted by Crippen LogP contribution is -1.96. The van der Waals surface area contributed by atoms with Gasteiger partial charge in [-0.2, -0.15) is 0 Å². The van der Waals surface area contributed by atoms with Gasteiger partial charge in [-0.15, -0.1) is 23.1 Å². The second-order valence-electron chi connectivity index (χ2n) is 4.09. The zero-order valence-electron chi connectivity index (χ0n) is 9.92. The number of aromatic carboxylic acids is 1. The van der Waals surface area contributed by atoms with E-state index in [0.717, 1.165) is 16.1 Å². The number of benzene rings is 1. The first kappa shape index (κ1) is 12.3. The summed E-state index contributed by atoms with van der Waals surface area (Å²) in [5.74, 6) is -0.181. The standard InChI is InChI=1S/C14H11NO2S2/c16-14(17)13-10(5-6-18-13)8-19-12-7-9-3-1-2-4-11(9)15-12/h1-7,15H,8H2,(H,16,17). The summed E-state index contributed by atoms with van der Waals surface area (Å²) in [6.07, 6.45) is 0. The topological polar surface area (TPSA) is 53.1 Å². The van der Waals surface area contributed by atoms with Crippen molar-refractivity contribution in [1.29, 1.82) is 0 Å². The monoisotopic (exact) mass is 289 g/mol. The van der Waals surface area contributed by atoms with Crippen molar-refractivity contribution in [2.24, 2.45) is 0 Å². The van der Waals surface area contributed by atoms with Crippen LogP contribution in [-0.4, -0.2) is 16.1 Å². The molecule has 1 aromatic carbocycles. The van der Waals surface area contributed by atoms with Gasteiger partial charge in [0.15, 0.2) is 0 Å². The summed E-state index contributed by atoms with van der Waals surface area (Å²) in [5.41, 5.74) is 1.98. The number of aromatic nitrogens is 1. The molecule has 0 saturated carbocycles. The van der Waals surface area contributed by atoms with Crippen LogP contribution in [0, 0.1) is 0 Å². The molecule has 0 fully saturated rings. The van der Waals surface area contributed by atoms with Gasteiger partial charge in [-0.3, -0.25) is 0 Å². The van der Waals surface area contributed by atoms with Gasteiger partial charge in [0.2, 0.25) is 0 Å². The van der Waals surface area contributed by atoms with Crippen molar-refractivity contribution < 1.29 is 9.90 Å². The van der Waals surface area contributed by atoms with Gasteiger partial charge in [0, 0.05) is 16.7 Å². The molecular weight excluding hydrogens is 278 g/mol. The van der Waals surface area contributed by atoms with E-state index < -0.39 is 5.97 Å². The maximum absolute atomic E-state index is 11.0. The quantitative estimate of drug-likeness (QED) is 0.707. The minimum atomic E-state index is -0.845. The molecule has 0 aliphatic heterocycles. The van der Waals surface area contributed by atoms with E-state index in [4.69, 9.17) is 5.11 Å².